The van der Waals surface area contributed by atoms with Crippen LogP contribution in [0.25, 0.3) is 0 Å². The third kappa shape index (κ3) is 2.55. The van der Waals surface area contributed by atoms with Crippen LogP contribution in [0.4, 0.5) is 0 Å². The number of rotatable bonds is 1. The molecule has 25 heavy (non-hydrogen) atoms. The first-order valence-electron chi connectivity index (χ1n) is 8.17. The molecular weight excluding hydrogens is 376 g/mol. The van der Waals surface area contributed by atoms with E-state index in [1.165, 1.54) is 0 Å². The van der Waals surface area contributed by atoms with Crippen LogP contribution in [0.3, 0.4) is 0 Å². The molecule has 3 rings (SSSR count). The van der Waals surface area contributed by atoms with E-state index in [0.29, 0.717) is 11.5 Å². The minimum atomic E-state index is -1.54. The van der Waals surface area contributed by atoms with E-state index in [4.69, 9.17) is 5.73 Å². The van der Waals surface area contributed by atoms with Gasteiger partial charge in [-0.2, -0.15) is 15.8 Å². The zero-order chi connectivity index (χ0) is 18.2. The number of hydrogen-bond acceptors (Lipinski definition) is 4. The second-order valence-electron chi connectivity index (χ2n) is 6.81. The predicted molar refractivity (Wildman–Crippen MR) is 97.3 cm³/mol. The van der Waals surface area contributed by atoms with Gasteiger partial charge in [0, 0.05) is 10.4 Å². The number of hydrogen-bond donors (Lipinski definition) is 1. The zero-order valence-electron chi connectivity index (χ0n) is 13.8. The van der Waals surface area contributed by atoms with Gasteiger partial charge >= 0.3 is 0 Å². The minimum absolute atomic E-state index is 0.0701. The molecular formula is C20H17BrN4. The lowest BCUT2D eigenvalue weighted by molar-refractivity contribution is 0.284. The first kappa shape index (κ1) is 17.3. The highest BCUT2D eigenvalue weighted by atomic mass is 79.9. The first-order valence-corrected chi connectivity index (χ1v) is 8.96. The maximum Gasteiger partial charge on any atom is 0.191 e. The Morgan fingerprint density at radius 2 is 1.96 bits per heavy atom. The topological polar surface area (TPSA) is 97.4 Å². The monoisotopic (exact) mass is 392 g/mol. The summed E-state index contributed by atoms with van der Waals surface area (Å²) in [4.78, 5) is 0. The fraction of sp³-hybridized carbons (Fsp3) is 0.350. The van der Waals surface area contributed by atoms with Gasteiger partial charge < -0.3 is 5.73 Å². The number of allylic oxidation sites excluding steroid dienone is 4. The van der Waals surface area contributed by atoms with E-state index in [2.05, 4.69) is 47.1 Å². The van der Waals surface area contributed by atoms with Gasteiger partial charge in [0.05, 0.1) is 23.4 Å². The molecule has 0 amide bonds. The Kier molecular flexibility index (Phi) is 4.42. The molecule has 0 saturated heterocycles. The molecule has 2 N–H and O–H groups in total. The van der Waals surface area contributed by atoms with Crippen molar-refractivity contribution in [2.75, 3.05) is 0 Å². The fourth-order valence-corrected chi connectivity index (χ4v) is 4.57. The van der Waals surface area contributed by atoms with Crippen molar-refractivity contribution in [1.29, 1.82) is 15.8 Å². The maximum atomic E-state index is 9.96. The molecule has 0 bridgehead atoms. The molecule has 0 spiro atoms. The van der Waals surface area contributed by atoms with E-state index in [-0.39, 0.29) is 11.6 Å². The van der Waals surface area contributed by atoms with Crippen molar-refractivity contribution >= 4 is 15.9 Å². The summed E-state index contributed by atoms with van der Waals surface area (Å²) in [5.41, 5.74) is 6.90. The van der Waals surface area contributed by atoms with Gasteiger partial charge in [-0.15, -0.1) is 0 Å². The van der Waals surface area contributed by atoms with Crippen molar-refractivity contribution in [3.63, 3.8) is 0 Å². The number of benzene rings is 1. The van der Waals surface area contributed by atoms with Gasteiger partial charge in [0.1, 0.15) is 6.07 Å². The molecule has 0 unspecified atom stereocenters. The Balaban J connectivity index is 2.34. The van der Waals surface area contributed by atoms with Gasteiger partial charge in [-0.25, -0.2) is 0 Å². The van der Waals surface area contributed by atoms with Crippen LogP contribution in [0.1, 0.15) is 31.2 Å². The largest absolute Gasteiger partial charge is 0.399 e. The molecule has 3 atom stereocenters. The van der Waals surface area contributed by atoms with Crippen LogP contribution in [0.5, 0.6) is 0 Å². The van der Waals surface area contributed by atoms with Gasteiger partial charge in [-0.05, 0) is 47.9 Å². The predicted octanol–water partition coefficient (Wildman–Crippen LogP) is 4.29. The number of fused-ring (bicyclic) bond motifs is 1. The smallest absolute Gasteiger partial charge is 0.191 e. The van der Waals surface area contributed by atoms with E-state index in [1.807, 2.05) is 24.3 Å². The lowest BCUT2D eigenvalue weighted by Crippen LogP contribution is -2.43. The Morgan fingerprint density at radius 3 is 2.56 bits per heavy atom. The molecule has 0 saturated carbocycles. The Labute approximate surface area is 156 Å². The molecule has 0 fully saturated rings. The fourth-order valence-electron chi connectivity index (χ4n) is 4.15. The normalized spacial score (nSPS) is 27.3. The van der Waals surface area contributed by atoms with Crippen LogP contribution in [-0.4, -0.2) is 0 Å². The SMILES string of the molecule is C[C@@H]1CC=C2C(C#N)=C(N)C(C#N)(C#N)[C@@H](c3cccc(Br)c3)[C@@H]2C1. The summed E-state index contributed by atoms with van der Waals surface area (Å²) in [7, 11) is 0. The quantitative estimate of drug-likeness (QED) is 0.770. The third-order valence-corrected chi connectivity index (χ3v) is 5.81. The number of nitrogens with zero attached hydrogens (tertiary/aromatic N) is 3. The molecule has 2 aliphatic carbocycles. The van der Waals surface area contributed by atoms with Crippen LogP contribution in [0, 0.1) is 51.2 Å². The molecule has 0 radical (unpaired) electrons. The Morgan fingerprint density at radius 1 is 1.24 bits per heavy atom. The average Bonchev–Trinajstić information content (AvgIpc) is 2.61. The second-order valence-corrected chi connectivity index (χ2v) is 7.72. The molecule has 4 nitrogen and oxygen atoms in total. The van der Waals surface area contributed by atoms with E-state index >= 15 is 0 Å². The summed E-state index contributed by atoms with van der Waals surface area (Å²) < 4.78 is 0.887. The zero-order valence-corrected chi connectivity index (χ0v) is 15.4. The van der Waals surface area contributed by atoms with E-state index in [0.717, 1.165) is 28.5 Å². The summed E-state index contributed by atoms with van der Waals surface area (Å²) in [6.07, 6.45) is 3.77. The molecule has 1 aromatic carbocycles. The number of nitriles is 3. The molecule has 5 heteroatoms. The summed E-state index contributed by atoms with van der Waals surface area (Å²) >= 11 is 3.47. The number of nitrogens with two attached hydrogens (primary N) is 1. The van der Waals surface area contributed by atoms with Gasteiger partial charge in [0.2, 0.25) is 0 Å². The lowest BCUT2D eigenvalue weighted by atomic mass is 9.56. The molecule has 0 heterocycles. The van der Waals surface area contributed by atoms with Crippen molar-refractivity contribution in [2.24, 2.45) is 23.0 Å². The van der Waals surface area contributed by atoms with Crippen LogP contribution >= 0.6 is 15.9 Å². The van der Waals surface area contributed by atoms with E-state index in [1.54, 1.807) is 0 Å². The molecule has 2 aliphatic rings. The summed E-state index contributed by atoms with van der Waals surface area (Å²) in [5.74, 6) is -0.0387. The lowest BCUT2D eigenvalue weighted by Gasteiger charge is -2.44. The van der Waals surface area contributed by atoms with E-state index < -0.39 is 11.3 Å². The van der Waals surface area contributed by atoms with Gasteiger partial charge in [-0.1, -0.05) is 41.1 Å². The Hall–Kier alpha value is -2.55. The standard InChI is InChI=1S/C20H17BrN4/c1-12-5-6-15-16(7-12)18(13-3-2-4-14(21)8-13)20(10-23,11-24)19(25)17(15)9-22/h2-4,6,8,12,16,18H,5,7,25H2,1H3/t12-,16-,18+/m1/s1. The first-order chi connectivity index (χ1) is 12.0. The highest BCUT2D eigenvalue weighted by Crippen LogP contribution is 2.56. The van der Waals surface area contributed by atoms with Gasteiger partial charge in [0.15, 0.2) is 5.41 Å². The van der Waals surface area contributed by atoms with Crippen LogP contribution in [0.15, 0.2) is 51.7 Å². The third-order valence-electron chi connectivity index (χ3n) is 5.32. The molecule has 0 aromatic heterocycles. The van der Waals surface area contributed by atoms with Crippen molar-refractivity contribution in [3.05, 3.63) is 57.2 Å². The Bertz CT molecular complexity index is 893. The van der Waals surface area contributed by atoms with Crippen LogP contribution in [-0.2, 0) is 0 Å². The maximum absolute atomic E-state index is 9.96. The average molecular weight is 393 g/mol. The van der Waals surface area contributed by atoms with Crippen LogP contribution < -0.4 is 5.73 Å². The molecule has 124 valence electrons. The van der Waals surface area contributed by atoms with E-state index in [9.17, 15) is 15.8 Å². The summed E-state index contributed by atoms with van der Waals surface area (Å²) in [5, 5.41) is 29.5. The molecule has 0 aliphatic heterocycles. The summed E-state index contributed by atoms with van der Waals surface area (Å²) in [6.45, 7) is 2.15. The van der Waals surface area contributed by atoms with Crippen LogP contribution in [0.2, 0.25) is 0 Å². The van der Waals surface area contributed by atoms with Crippen molar-refractivity contribution < 1.29 is 0 Å². The van der Waals surface area contributed by atoms with Crippen molar-refractivity contribution in [1.82, 2.24) is 0 Å². The second kappa shape index (κ2) is 6.40. The molecule has 1 aromatic rings. The minimum Gasteiger partial charge on any atom is -0.399 e. The van der Waals surface area contributed by atoms with Crippen molar-refractivity contribution in [2.45, 2.75) is 25.7 Å². The van der Waals surface area contributed by atoms with Crippen molar-refractivity contribution in [3.8, 4) is 18.2 Å². The van der Waals surface area contributed by atoms with Gasteiger partial charge in [-0.3, -0.25) is 0 Å². The highest BCUT2D eigenvalue weighted by Gasteiger charge is 2.54. The number of halogens is 1. The summed E-state index contributed by atoms with van der Waals surface area (Å²) in [6, 6.07) is 14.1. The van der Waals surface area contributed by atoms with Gasteiger partial charge in [0.25, 0.3) is 0 Å². The highest BCUT2D eigenvalue weighted by molar-refractivity contribution is 9.10.